The third kappa shape index (κ3) is 2.59. The van der Waals surface area contributed by atoms with Crippen LogP contribution in [-0.4, -0.2) is 18.3 Å². The Labute approximate surface area is 128 Å². The summed E-state index contributed by atoms with van der Waals surface area (Å²) in [7, 11) is 1.43. The van der Waals surface area contributed by atoms with E-state index in [-0.39, 0.29) is 5.56 Å². The molecule has 0 bridgehead atoms. The highest BCUT2D eigenvalue weighted by molar-refractivity contribution is 7.10. The molecule has 0 fully saturated rings. The van der Waals surface area contributed by atoms with Crippen LogP contribution in [0.1, 0.15) is 10.4 Å². The second kappa shape index (κ2) is 5.49. The monoisotopic (exact) mass is 324 g/mol. The van der Waals surface area contributed by atoms with E-state index >= 15 is 0 Å². The number of alkyl halides is 3. The van der Waals surface area contributed by atoms with Crippen LogP contribution in [0.25, 0.3) is 22.0 Å². The zero-order valence-corrected chi connectivity index (χ0v) is 12.3. The highest BCUT2D eigenvalue weighted by Gasteiger charge is 2.35. The van der Waals surface area contributed by atoms with Crippen molar-refractivity contribution in [3.05, 3.63) is 46.3 Å². The number of benzene rings is 1. The number of aromatic amines is 1. The smallest absolute Gasteiger partial charge is 0.399 e. The predicted molar refractivity (Wildman–Crippen MR) is 81.2 cm³/mol. The number of halogens is 3. The molecule has 3 nitrogen and oxygen atoms in total. The summed E-state index contributed by atoms with van der Waals surface area (Å²) in [4.78, 5) is 7.03. The molecular weight excluding hydrogens is 313 g/mol. The second-order valence-electron chi connectivity index (χ2n) is 4.59. The van der Waals surface area contributed by atoms with Crippen LogP contribution in [0.15, 0.2) is 41.0 Å². The predicted octanol–water partition coefficient (Wildman–Crippen LogP) is 4.90. The highest BCUT2D eigenvalue weighted by atomic mass is 32.1. The number of rotatable bonds is 3. The summed E-state index contributed by atoms with van der Waals surface area (Å²) in [6, 6.07) is 6.88. The first-order valence-corrected chi connectivity index (χ1v) is 7.21. The maximum Gasteiger partial charge on any atom is 0.426 e. The molecule has 0 unspecified atom stereocenters. The Bertz CT molecular complexity index is 833. The quantitative estimate of drug-likeness (QED) is 0.540. The van der Waals surface area contributed by atoms with Crippen molar-refractivity contribution in [2.45, 2.75) is 6.18 Å². The maximum atomic E-state index is 13.1. The van der Waals surface area contributed by atoms with Crippen LogP contribution < -0.4 is 0 Å². The van der Waals surface area contributed by atoms with Crippen LogP contribution in [0.5, 0.6) is 0 Å². The van der Waals surface area contributed by atoms with Gasteiger partial charge >= 0.3 is 6.18 Å². The summed E-state index contributed by atoms with van der Waals surface area (Å²) in [6.07, 6.45) is -1.25. The van der Waals surface area contributed by atoms with Gasteiger partial charge in [-0.1, -0.05) is 11.2 Å². The number of thiophene rings is 1. The van der Waals surface area contributed by atoms with Gasteiger partial charge in [-0.25, -0.2) is 0 Å². The molecule has 22 heavy (non-hydrogen) atoms. The first kappa shape index (κ1) is 14.6. The number of nitrogens with zero attached hydrogens (tertiary/aromatic N) is 1. The summed E-state index contributed by atoms with van der Waals surface area (Å²) in [6.45, 7) is 0. The molecule has 1 aromatic carbocycles. The fourth-order valence-corrected chi connectivity index (χ4v) is 3.07. The Kier molecular flexibility index (Phi) is 3.66. The lowest BCUT2D eigenvalue weighted by Gasteiger charge is -2.07. The van der Waals surface area contributed by atoms with Gasteiger partial charge in [-0.3, -0.25) is 0 Å². The average Bonchev–Trinajstić information content (AvgIpc) is 3.09. The Morgan fingerprint density at radius 1 is 1.23 bits per heavy atom. The lowest BCUT2D eigenvalue weighted by atomic mass is 10.0. The lowest BCUT2D eigenvalue weighted by Crippen LogP contribution is -2.03. The summed E-state index contributed by atoms with van der Waals surface area (Å²) in [5, 5.41) is 5.83. The number of oxime groups is 1. The fourth-order valence-electron chi connectivity index (χ4n) is 2.30. The van der Waals surface area contributed by atoms with Gasteiger partial charge in [-0.15, -0.1) is 11.3 Å². The van der Waals surface area contributed by atoms with E-state index in [1.807, 2.05) is 6.07 Å². The lowest BCUT2D eigenvalue weighted by molar-refractivity contribution is -0.133. The molecule has 7 heteroatoms. The van der Waals surface area contributed by atoms with Crippen LogP contribution in [0.2, 0.25) is 0 Å². The molecule has 0 aliphatic carbocycles. The van der Waals surface area contributed by atoms with Gasteiger partial charge in [0, 0.05) is 28.2 Å². The minimum absolute atomic E-state index is 0.185. The zero-order valence-electron chi connectivity index (χ0n) is 11.4. The molecule has 114 valence electrons. The molecular formula is C15H11F3N2OS. The summed E-state index contributed by atoms with van der Waals surface area (Å²) < 4.78 is 39.2. The van der Waals surface area contributed by atoms with E-state index in [0.29, 0.717) is 22.3 Å². The van der Waals surface area contributed by atoms with Crippen molar-refractivity contribution < 1.29 is 18.0 Å². The molecule has 2 heterocycles. The second-order valence-corrected chi connectivity index (χ2v) is 5.50. The minimum atomic E-state index is -4.36. The number of nitrogens with one attached hydrogen (secondary N) is 1. The third-order valence-electron chi connectivity index (χ3n) is 3.23. The van der Waals surface area contributed by atoms with Gasteiger partial charge in [0.25, 0.3) is 0 Å². The van der Waals surface area contributed by atoms with Crippen molar-refractivity contribution in [3.8, 4) is 11.1 Å². The van der Waals surface area contributed by atoms with Crippen molar-refractivity contribution in [1.82, 2.24) is 4.98 Å². The van der Waals surface area contributed by atoms with Crippen LogP contribution >= 0.6 is 11.3 Å². The molecule has 1 N–H and O–H groups in total. The molecule has 2 aromatic heterocycles. The number of hydrogen-bond acceptors (Lipinski definition) is 3. The van der Waals surface area contributed by atoms with Crippen molar-refractivity contribution in [1.29, 1.82) is 0 Å². The SMILES string of the molecule is CO/N=C/c1ccc2[nH]cc(-c3ccsc3C(F)(F)F)c2c1. The average molecular weight is 324 g/mol. The summed E-state index contributed by atoms with van der Waals surface area (Å²) >= 11 is 0.696. The highest BCUT2D eigenvalue weighted by Crippen LogP contribution is 2.42. The molecule has 0 aliphatic rings. The van der Waals surface area contributed by atoms with E-state index in [4.69, 9.17) is 0 Å². The van der Waals surface area contributed by atoms with Crippen molar-refractivity contribution in [2.24, 2.45) is 5.16 Å². The Balaban J connectivity index is 2.16. The molecule has 0 amide bonds. The van der Waals surface area contributed by atoms with Crippen LogP contribution in [0.4, 0.5) is 13.2 Å². The van der Waals surface area contributed by atoms with E-state index in [2.05, 4.69) is 15.0 Å². The van der Waals surface area contributed by atoms with Crippen molar-refractivity contribution >= 4 is 28.5 Å². The topological polar surface area (TPSA) is 37.4 Å². The first-order chi connectivity index (χ1) is 10.5. The summed E-state index contributed by atoms with van der Waals surface area (Å²) in [5.74, 6) is 0. The molecule has 0 saturated carbocycles. The third-order valence-corrected chi connectivity index (χ3v) is 4.19. The molecule has 3 rings (SSSR count). The van der Waals surface area contributed by atoms with E-state index < -0.39 is 11.1 Å². The normalized spacial score (nSPS) is 12.4. The Morgan fingerprint density at radius 2 is 2.05 bits per heavy atom. The van der Waals surface area contributed by atoms with E-state index in [1.54, 1.807) is 18.3 Å². The van der Waals surface area contributed by atoms with Gasteiger partial charge < -0.3 is 9.82 Å². The fraction of sp³-hybridized carbons (Fsp3) is 0.133. The Morgan fingerprint density at radius 3 is 2.77 bits per heavy atom. The van der Waals surface area contributed by atoms with Gasteiger partial charge in [0.2, 0.25) is 0 Å². The number of hydrogen-bond donors (Lipinski definition) is 1. The summed E-state index contributed by atoms with van der Waals surface area (Å²) in [5.41, 5.74) is 2.23. The van der Waals surface area contributed by atoms with Crippen LogP contribution in [0, 0.1) is 0 Å². The number of H-pyrrole nitrogens is 1. The molecule has 0 aliphatic heterocycles. The number of aromatic nitrogens is 1. The van der Waals surface area contributed by atoms with Crippen molar-refractivity contribution in [3.63, 3.8) is 0 Å². The van der Waals surface area contributed by atoms with Gasteiger partial charge in [-0.2, -0.15) is 13.2 Å². The first-order valence-electron chi connectivity index (χ1n) is 6.33. The van der Waals surface area contributed by atoms with E-state index in [9.17, 15) is 13.2 Å². The molecule has 0 saturated heterocycles. The zero-order chi connectivity index (χ0) is 15.7. The Hall–Kier alpha value is -2.28. The molecule has 0 spiro atoms. The largest absolute Gasteiger partial charge is 0.426 e. The van der Waals surface area contributed by atoms with Gasteiger partial charge in [0.15, 0.2) is 0 Å². The minimum Gasteiger partial charge on any atom is -0.399 e. The maximum absolute atomic E-state index is 13.1. The van der Waals surface area contributed by atoms with Gasteiger partial charge in [0.05, 0.1) is 6.21 Å². The standard InChI is InChI=1S/C15H11F3N2OS/c1-21-20-7-9-2-3-13-11(6-9)12(8-19-13)10-4-5-22-14(10)15(16,17)18/h2-8,19H,1H3/b20-7+. The van der Waals surface area contributed by atoms with Gasteiger partial charge in [-0.05, 0) is 29.1 Å². The van der Waals surface area contributed by atoms with E-state index in [1.165, 1.54) is 24.8 Å². The van der Waals surface area contributed by atoms with Crippen LogP contribution in [-0.2, 0) is 11.0 Å². The molecule has 3 aromatic rings. The van der Waals surface area contributed by atoms with Gasteiger partial charge in [0.1, 0.15) is 12.0 Å². The van der Waals surface area contributed by atoms with Crippen LogP contribution in [0.3, 0.4) is 0 Å². The van der Waals surface area contributed by atoms with Crippen molar-refractivity contribution in [2.75, 3.05) is 7.11 Å². The number of fused-ring (bicyclic) bond motifs is 1. The molecule has 0 atom stereocenters. The van der Waals surface area contributed by atoms with E-state index in [0.717, 1.165) is 11.1 Å². The molecule has 0 radical (unpaired) electrons.